The highest BCUT2D eigenvalue weighted by Gasteiger charge is 2.48. The topological polar surface area (TPSA) is 115 Å². The van der Waals surface area contributed by atoms with E-state index in [1.807, 2.05) is 13.8 Å². The van der Waals surface area contributed by atoms with Crippen molar-refractivity contribution in [2.24, 2.45) is 0 Å². The number of ketones is 1. The Bertz CT molecular complexity index is 1390. The van der Waals surface area contributed by atoms with E-state index in [1.165, 1.54) is 19.1 Å². The van der Waals surface area contributed by atoms with Crippen molar-refractivity contribution < 1.29 is 33.7 Å². The highest BCUT2D eigenvalue weighted by Crippen LogP contribution is 2.44. The number of thiazole rings is 1. The molecular formula is C27H26N2O7S. The summed E-state index contributed by atoms with van der Waals surface area (Å²) in [5, 5.41) is 11.4. The first-order valence-electron chi connectivity index (χ1n) is 11.4. The van der Waals surface area contributed by atoms with Gasteiger partial charge in [0.05, 0.1) is 37.6 Å². The number of nitrogens with zero attached hydrogens (tertiary/aromatic N) is 2. The number of aryl methyl sites for hydroxylation is 1. The normalized spacial score (nSPS) is 16.8. The van der Waals surface area contributed by atoms with Crippen molar-refractivity contribution in [3.8, 4) is 11.5 Å². The van der Waals surface area contributed by atoms with E-state index in [1.54, 1.807) is 55.5 Å². The number of carbonyl (C=O) groups is 3. The summed E-state index contributed by atoms with van der Waals surface area (Å²) in [6.07, 6.45) is -0.0421. The number of aromatic nitrogens is 1. The molecule has 0 radical (unpaired) electrons. The van der Waals surface area contributed by atoms with Crippen LogP contribution < -0.4 is 14.4 Å². The van der Waals surface area contributed by atoms with Crippen molar-refractivity contribution in [1.29, 1.82) is 0 Å². The third-order valence-electron chi connectivity index (χ3n) is 5.72. The Hall–Kier alpha value is -4.18. The second kappa shape index (κ2) is 10.4. The number of esters is 1. The van der Waals surface area contributed by atoms with Gasteiger partial charge in [0.15, 0.2) is 5.13 Å². The van der Waals surface area contributed by atoms with Crippen molar-refractivity contribution >= 4 is 39.9 Å². The molecule has 2 aromatic carbocycles. The molecule has 9 nitrogen and oxygen atoms in total. The second-order valence-electron chi connectivity index (χ2n) is 8.54. The molecule has 192 valence electrons. The summed E-state index contributed by atoms with van der Waals surface area (Å²) < 4.78 is 15.8. The SMILES string of the molecule is COC(=O)c1sc(N2C(=O)C(=O)/C(=C(/O)c3cccc(OC)c3)[C@@H]2c2ccc(OC(C)C)cc2)nc1C. The molecule has 0 aliphatic carbocycles. The van der Waals surface area contributed by atoms with Crippen molar-refractivity contribution in [3.05, 3.63) is 75.8 Å². The Morgan fingerprint density at radius 2 is 1.78 bits per heavy atom. The first-order valence-corrected chi connectivity index (χ1v) is 12.3. The molecule has 0 saturated carbocycles. The fourth-order valence-corrected chi connectivity index (χ4v) is 5.05. The van der Waals surface area contributed by atoms with Crippen LogP contribution in [0.25, 0.3) is 5.76 Å². The molecular weight excluding hydrogens is 496 g/mol. The smallest absolute Gasteiger partial charge is 0.350 e. The van der Waals surface area contributed by atoms with Gasteiger partial charge in [-0.15, -0.1) is 0 Å². The quantitative estimate of drug-likeness (QED) is 0.206. The Balaban J connectivity index is 1.90. The van der Waals surface area contributed by atoms with Gasteiger partial charge in [0.2, 0.25) is 0 Å². The largest absolute Gasteiger partial charge is 0.507 e. The zero-order valence-corrected chi connectivity index (χ0v) is 21.8. The minimum Gasteiger partial charge on any atom is -0.507 e. The van der Waals surface area contributed by atoms with Gasteiger partial charge in [0.25, 0.3) is 5.78 Å². The Morgan fingerprint density at radius 3 is 2.41 bits per heavy atom. The lowest BCUT2D eigenvalue weighted by Crippen LogP contribution is -2.29. The maximum Gasteiger partial charge on any atom is 0.350 e. The Labute approximate surface area is 217 Å². The summed E-state index contributed by atoms with van der Waals surface area (Å²) in [5.74, 6) is -1.61. The summed E-state index contributed by atoms with van der Waals surface area (Å²) in [6.45, 7) is 5.42. The molecule has 0 unspecified atom stereocenters. The van der Waals surface area contributed by atoms with Gasteiger partial charge in [-0.1, -0.05) is 35.6 Å². The molecule has 10 heteroatoms. The summed E-state index contributed by atoms with van der Waals surface area (Å²) in [6, 6.07) is 12.5. The molecule has 2 heterocycles. The van der Waals surface area contributed by atoms with Gasteiger partial charge < -0.3 is 19.3 Å². The highest BCUT2D eigenvalue weighted by molar-refractivity contribution is 7.17. The molecule has 1 saturated heterocycles. The minimum absolute atomic E-state index is 0.0421. The molecule has 1 N–H and O–H groups in total. The van der Waals surface area contributed by atoms with Crippen molar-refractivity contribution in [2.45, 2.75) is 32.9 Å². The number of benzene rings is 2. The van der Waals surface area contributed by atoms with Gasteiger partial charge in [-0.05, 0) is 50.6 Å². The first-order chi connectivity index (χ1) is 17.7. The number of aliphatic hydroxyl groups is 1. The van der Waals surface area contributed by atoms with Crippen LogP contribution in [-0.2, 0) is 14.3 Å². The standard InChI is InChI=1S/C27H26N2O7S/c1-14(2)36-18-11-9-16(10-12-18)21-20(22(30)17-7-6-8-19(13-17)34-4)23(31)25(32)29(21)27-28-15(3)24(37-27)26(33)35-5/h6-14,21,30H,1-5H3/b22-20+/t21-/m0/s1. The molecule has 1 aliphatic heterocycles. The van der Waals surface area contributed by atoms with Crippen molar-refractivity contribution in [2.75, 3.05) is 19.1 Å². The highest BCUT2D eigenvalue weighted by atomic mass is 32.1. The number of carbonyl (C=O) groups excluding carboxylic acids is 3. The average Bonchev–Trinajstić information content (AvgIpc) is 3.39. The summed E-state index contributed by atoms with van der Waals surface area (Å²) >= 11 is 0.939. The summed E-state index contributed by atoms with van der Waals surface area (Å²) in [7, 11) is 2.74. The average molecular weight is 523 g/mol. The van der Waals surface area contributed by atoms with E-state index in [0.29, 0.717) is 28.3 Å². The van der Waals surface area contributed by atoms with E-state index < -0.39 is 23.7 Å². The van der Waals surface area contributed by atoms with E-state index in [2.05, 4.69) is 4.98 Å². The maximum absolute atomic E-state index is 13.4. The molecule has 37 heavy (non-hydrogen) atoms. The van der Waals surface area contributed by atoms with Crippen LogP contribution in [-0.4, -0.2) is 48.1 Å². The van der Waals surface area contributed by atoms with E-state index in [0.717, 1.165) is 11.3 Å². The molecule has 0 bridgehead atoms. The zero-order valence-electron chi connectivity index (χ0n) is 21.0. The van der Waals surface area contributed by atoms with Crippen LogP contribution in [0.15, 0.2) is 54.1 Å². The van der Waals surface area contributed by atoms with Gasteiger partial charge in [-0.3, -0.25) is 14.5 Å². The third kappa shape index (κ3) is 4.92. The van der Waals surface area contributed by atoms with E-state index in [-0.39, 0.29) is 27.4 Å². The number of methoxy groups -OCH3 is 2. The molecule has 3 aromatic rings. The third-order valence-corrected chi connectivity index (χ3v) is 6.85. The van der Waals surface area contributed by atoms with Crippen molar-refractivity contribution in [3.63, 3.8) is 0 Å². The minimum atomic E-state index is -1.00. The molecule has 1 aromatic heterocycles. The number of anilines is 1. The van der Waals surface area contributed by atoms with E-state index >= 15 is 0 Å². The Kier molecular flexibility index (Phi) is 7.30. The molecule has 1 amide bonds. The van der Waals surface area contributed by atoms with Gasteiger partial charge in [-0.2, -0.15) is 0 Å². The van der Waals surface area contributed by atoms with Crippen molar-refractivity contribution in [1.82, 2.24) is 4.98 Å². The zero-order chi connectivity index (χ0) is 26.9. The number of ether oxygens (including phenoxy) is 3. The lowest BCUT2D eigenvalue weighted by Gasteiger charge is -2.23. The second-order valence-corrected chi connectivity index (χ2v) is 9.52. The van der Waals surface area contributed by atoms with Crippen LogP contribution in [0.1, 0.15) is 46.4 Å². The molecule has 1 atom stereocenters. The predicted octanol–water partition coefficient (Wildman–Crippen LogP) is 4.66. The first kappa shape index (κ1) is 25.9. The number of Topliss-reactive ketones (excluding diaryl/α,β-unsaturated/α-hetero) is 1. The monoisotopic (exact) mass is 522 g/mol. The van der Waals surface area contributed by atoms with Gasteiger partial charge in [0.1, 0.15) is 22.1 Å². The van der Waals surface area contributed by atoms with Gasteiger partial charge >= 0.3 is 11.9 Å². The van der Waals surface area contributed by atoms with Gasteiger partial charge in [0, 0.05) is 5.56 Å². The molecule has 1 aliphatic rings. The van der Waals surface area contributed by atoms with Crippen LogP contribution in [0.2, 0.25) is 0 Å². The lowest BCUT2D eigenvalue weighted by atomic mass is 9.95. The number of aliphatic hydroxyl groups excluding tert-OH is 1. The number of rotatable bonds is 7. The van der Waals surface area contributed by atoms with Crippen LogP contribution in [0.4, 0.5) is 5.13 Å². The van der Waals surface area contributed by atoms with E-state index in [9.17, 15) is 19.5 Å². The number of hydrogen-bond acceptors (Lipinski definition) is 9. The molecule has 4 rings (SSSR count). The van der Waals surface area contributed by atoms with E-state index in [4.69, 9.17) is 14.2 Å². The fourth-order valence-electron chi connectivity index (χ4n) is 4.04. The number of hydrogen-bond donors (Lipinski definition) is 1. The van der Waals surface area contributed by atoms with Gasteiger partial charge in [-0.25, -0.2) is 9.78 Å². The van der Waals surface area contributed by atoms with Crippen LogP contribution in [0.3, 0.4) is 0 Å². The number of amides is 1. The van der Waals surface area contributed by atoms with Crippen LogP contribution >= 0.6 is 11.3 Å². The lowest BCUT2D eigenvalue weighted by molar-refractivity contribution is -0.132. The fraction of sp³-hybridized carbons (Fsp3) is 0.259. The molecule has 0 spiro atoms. The maximum atomic E-state index is 13.4. The summed E-state index contributed by atoms with van der Waals surface area (Å²) in [5.41, 5.74) is 1.11. The Morgan fingerprint density at radius 1 is 1.08 bits per heavy atom. The van der Waals surface area contributed by atoms with Crippen LogP contribution in [0.5, 0.6) is 11.5 Å². The summed E-state index contributed by atoms with van der Waals surface area (Å²) in [4.78, 5) is 44.7. The molecule has 1 fully saturated rings. The predicted molar refractivity (Wildman–Crippen MR) is 138 cm³/mol. The van der Waals surface area contributed by atoms with Crippen LogP contribution in [0, 0.1) is 6.92 Å².